The number of hydrogen-bond donors (Lipinski definition) is 1. The summed E-state index contributed by atoms with van der Waals surface area (Å²) in [5.41, 5.74) is 2.88. The lowest BCUT2D eigenvalue weighted by molar-refractivity contribution is 0.0380. The largest absolute Gasteiger partial charge is 0.497 e. The van der Waals surface area contributed by atoms with Crippen molar-refractivity contribution in [1.29, 1.82) is 0 Å². The van der Waals surface area contributed by atoms with Gasteiger partial charge in [-0.3, -0.25) is 0 Å². The molecule has 2 atom stereocenters. The SMILES string of the molecule is COc1ccc2c(c1)C(C1CCCOC1)NCC2. The van der Waals surface area contributed by atoms with Crippen molar-refractivity contribution < 1.29 is 9.47 Å². The zero-order valence-electron chi connectivity index (χ0n) is 10.9. The van der Waals surface area contributed by atoms with Crippen molar-refractivity contribution >= 4 is 0 Å². The molecule has 1 N–H and O–H groups in total. The molecule has 0 saturated carbocycles. The average Bonchev–Trinajstić information content (AvgIpc) is 2.47. The van der Waals surface area contributed by atoms with Crippen LogP contribution in [0.15, 0.2) is 18.2 Å². The fraction of sp³-hybridized carbons (Fsp3) is 0.600. The van der Waals surface area contributed by atoms with Gasteiger partial charge in [-0.2, -0.15) is 0 Å². The van der Waals surface area contributed by atoms with Gasteiger partial charge >= 0.3 is 0 Å². The number of benzene rings is 1. The lowest BCUT2D eigenvalue weighted by atomic mass is 9.83. The highest BCUT2D eigenvalue weighted by molar-refractivity contribution is 5.39. The first kappa shape index (κ1) is 12.0. The minimum Gasteiger partial charge on any atom is -0.497 e. The van der Waals surface area contributed by atoms with Gasteiger partial charge in [0.05, 0.1) is 13.7 Å². The molecule has 2 unspecified atom stereocenters. The van der Waals surface area contributed by atoms with E-state index in [1.807, 2.05) is 0 Å². The summed E-state index contributed by atoms with van der Waals surface area (Å²) in [7, 11) is 1.73. The number of rotatable bonds is 2. The summed E-state index contributed by atoms with van der Waals surface area (Å²) in [6.45, 7) is 2.88. The van der Waals surface area contributed by atoms with E-state index < -0.39 is 0 Å². The third kappa shape index (κ3) is 2.25. The predicted octanol–water partition coefficient (Wildman–Crippen LogP) is 2.31. The molecule has 3 rings (SSSR count). The highest BCUT2D eigenvalue weighted by Gasteiger charge is 2.29. The van der Waals surface area contributed by atoms with Crippen LogP contribution < -0.4 is 10.1 Å². The van der Waals surface area contributed by atoms with Gasteiger partial charge in [0, 0.05) is 18.6 Å². The van der Waals surface area contributed by atoms with E-state index in [1.165, 1.54) is 24.0 Å². The molecule has 3 nitrogen and oxygen atoms in total. The third-order valence-electron chi connectivity index (χ3n) is 4.11. The molecule has 0 bridgehead atoms. The number of nitrogens with one attached hydrogen (secondary N) is 1. The maximum Gasteiger partial charge on any atom is 0.119 e. The lowest BCUT2D eigenvalue weighted by Crippen LogP contribution is -2.38. The molecule has 3 heteroatoms. The van der Waals surface area contributed by atoms with Crippen LogP contribution in [0.3, 0.4) is 0 Å². The van der Waals surface area contributed by atoms with Gasteiger partial charge in [0.15, 0.2) is 0 Å². The number of hydrogen-bond acceptors (Lipinski definition) is 3. The van der Waals surface area contributed by atoms with Crippen LogP contribution in [0, 0.1) is 5.92 Å². The molecule has 1 aromatic carbocycles. The maximum absolute atomic E-state index is 5.64. The number of methoxy groups -OCH3 is 1. The summed E-state index contributed by atoms with van der Waals surface area (Å²) < 4.78 is 11.0. The summed E-state index contributed by atoms with van der Waals surface area (Å²) in [5, 5.41) is 3.66. The Morgan fingerprint density at radius 3 is 3.11 bits per heavy atom. The molecule has 0 amide bonds. The molecule has 98 valence electrons. The Labute approximate surface area is 108 Å². The van der Waals surface area contributed by atoms with Gasteiger partial charge in [-0.1, -0.05) is 6.07 Å². The first-order chi connectivity index (χ1) is 8.88. The summed E-state index contributed by atoms with van der Waals surface area (Å²) in [6.07, 6.45) is 3.56. The van der Waals surface area contributed by atoms with Gasteiger partial charge in [0.2, 0.25) is 0 Å². The Balaban J connectivity index is 1.89. The second kappa shape index (κ2) is 5.29. The zero-order chi connectivity index (χ0) is 12.4. The van der Waals surface area contributed by atoms with Crippen LogP contribution in [0.2, 0.25) is 0 Å². The summed E-state index contributed by atoms with van der Waals surface area (Å²) in [5.74, 6) is 1.56. The molecule has 2 aliphatic rings. The van der Waals surface area contributed by atoms with Crippen molar-refractivity contribution in [3.63, 3.8) is 0 Å². The molecule has 1 aromatic rings. The monoisotopic (exact) mass is 247 g/mol. The Kier molecular flexibility index (Phi) is 3.52. The fourth-order valence-corrected chi connectivity index (χ4v) is 3.14. The smallest absolute Gasteiger partial charge is 0.119 e. The Bertz CT molecular complexity index is 413. The Morgan fingerprint density at radius 1 is 1.39 bits per heavy atom. The summed E-state index contributed by atoms with van der Waals surface area (Å²) in [4.78, 5) is 0. The number of fused-ring (bicyclic) bond motifs is 1. The normalized spacial score (nSPS) is 27.6. The topological polar surface area (TPSA) is 30.5 Å². The van der Waals surface area contributed by atoms with Crippen molar-refractivity contribution in [3.8, 4) is 5.75 Å². The van der Waals surface area contributed by atoms with Gasteiger partial charge in [0.1, 0.15) is 5.75 Å². The van der Waals surface area contributed by atoms with Crippen molar-refractivity contribution in [2.75, 3.05) is 26.9 Å². The zero-order valence-corrected chi connectivity index (χ0v) is 10.9. The van der Waals surface area contributed by atoms with Crippen LogP contribution in [0.25, 0.3) is 0 Å². The standard InChI is InChI=1S/C15H21NO2/c1-17-13-5-4-11-6-7-16-15(14(11)9-13)12-3-2-8-18-10-12/h4-5,9,12,15-16H,2-3,6-8,10H2,1H3. The molecule has 2 aliphatic heterocycles. The van der Waals surface area contributed by atoms with Gasteiger partial charge in [0.25, 0.3) is 0 Å². The molecular formula is C15H21NO2. The first-order valence-corrected chi connectivity index (χ1v) is 6.86. The molecule has 0 aromatic heterocycles. The van der Waals surface area contributed by atoms with Crippen molar-refractivity contribution in [2.24, 2.45) is 5.92 Å². The van der Waals surface area contributed by atoms with E-state index in [1.54, 1.807) is 7.11 Å². The van der Waals surface area contributed by atoms with E-state index in [9.17, 15) is 0 Å². The van der Waals surface area contributed by atoms with Gasteiger partial charge < -0.3 is 14.8 Å². The predicted molar refractivity (Wildman–Crippen MR) is 71.0 cm³/mol. The van der Waals surface area contributed by atoms with Gasteiger partial charge in [-0.05, 0) is 49.1 Å². The minimum absolute atomic E-state index is 0.434. The van der Waals surface area contributed by atoms with Crippen molar-refractivity contribution in [1.82, 2.24) is 5.32 Å². The molecule has 0 spiro atoms. The molecule has 2 heterocycles. The van der Waals surface area contributed by atoms with Crippen LogP contribution in [-0.2, 0) is 11.2 Å². The Hall–Kier alpha value is -1.06. The highest BCUT2D eigenvalue weighted by Crippen LogP contribution is 2.35. The van der Waals surface area contributed by atoms with E-state index in [4.69, 9.17) is 9.47 Å². The maximum atomic E-state index is 5.64. The molecule has 0 aliphatic carbocycles. The average molecular weight is 247 g/mol. The van der Waals surface area contributed by atoms with E-state index >= 15 is 0 Å². The van der Waals surface area contributed by atoms with Gasteiger partial charge in [-0.15, -0.1) is 0 Å². The lowest BCUT2D eigenvalue weighted by Gasteiger charge is -2.35. The summed E-state index contributed by atoms with van der Waals surface area (Å²) in [6, 6.07) is 6.91. The van der Waals surface area contributed by atoms with E-state index in [0.29, 0.717) is 12.0 Å². The number of ether oxygens (including phenoxy) is 2. The molecular weight excluding hydrogens is 226 g/mol. The van der Waals surface area contributed by atoms with Crippen molar-refractivity contribution in [2.45, 2.75) is 25.3 Å². The van der Waals surface area contributed by atoms with Crippen LogP contribution in [-0.4, -0.2) is 26.9 Å². The second-order valence-electron chi connectivity index (χ2n) is 5.22. The third-order valence-corrected chi connectivity index (χ3v) is 4.11. The van der Waals surface area contributed by atoms with Crippen LogP contribution in [0.5, 0.6) is 5.75 Å². The highest BCUT2D eigenvalue weighted by atomic mass is 16.5. The fourth-order valence-electron chi connectivity index (χ4n) is 3.14. The van der Waals surface area contributed by atoms with Crippen LogP contribution in [0.4, 0.5) is 0 Å². The molecule has 1 fully saturated rings. The molecule has 18 heavy (non-hydrogen) atoms. The second-order valence-corrected chi connectivity index (χ2v) is 5.22. The molecule has 0 radical (unpaired) electrons. The summed E-state index contributed by atoms with van der Waals surface area (Å²) >= 11 is 0. The van der Waals surface area contributed by atoms with Gasteiger partial charge in [-0.25, -0.2) is 0 Å². The first-order valence-electron chi connectivity index (χ1n) is 6.86. The van der Waals surface area contributed by atoms with Crippen molar-refractivity contribution in [3.05, 3.63) is 29.3 Å². The quantitative estimate of drug-likeness (QED) is 0.870. The molecule has 1 saturated heterocycles. The van der Waals surface area contributed by atoms with E-state index in [2.05, 4.69) is 23.5 Å². The Morgan fingerprint density at radius 2 is 2.33 bits per heavy atom. The van der Waals surface area contributed by atoms with Crippen LogP contribution in [0.1, 0.15) is 30.0 Å². The van der Waals surface area contributed by atoms with E-state index in [-0.39, 0.29) is 0 Å². The van der Waals surface area contributed by atoms with Crippen LogP contribution >= 0.6 is 0 Å². The van der Waals surface area contributed by atoms with E-state index in [0.717, 1.165) is 31.9 Å². The minimum atomic E-state index is 0.434.